The lowest BCUT2D eigenvalue weighted by atomic mass is 10.0. The number of alkyl halides is 3. The standard InChI is InChI=1S/C9H12F3N3/c10-9(11,12)5-1-2-7(14)6(3-5)8(15)4-13/h1-3,8H,4,13-15H2/t8-/m0/s1. The maximum Gasteiger partial charge on any atom is 0.416 e. The minimum Gasteiger partial charge on any atom is -0.398 e. The van der Waals surface area contributed by atoms with Gasteiger partial charge in [-0.1, -0.05) is 0 Å². The average molecular weight is 219 g/mol. The van der Waals surface area contributed by atoms with Gasteiger partial charge in [-0.05, 0) is 23.8 Å². The van der Waals surface area contributed by atoms with Crippen molar-refractivity contribution in [3.8, 4) is 0 Å². The molecule has 15 heavy (non-hydrogen) atoms. The van der Waals surface area contributed by atoms with Crippen molar-refractivity contribution in [3.05, 3.63) is 29.3 Å². The maximum atomic E-state index is 12.4. The van der Waals surface area contributed by atoms with Crippen molar-refractivity contribution in [1.82, 2.24) is 0 Å². The van der Waals surface area contributed by atoms with Crippen molar-refractivity contribution in [3.63, 3.8) is 0 Å². The van der Waals surface area contributed by atoms with Crippen LogP contribution in [-0.2, 0) is 6.18 Å². The molecular formula is C9H12F3N3. The van der Waals surface area contributed by atoms with E-state index in [1.54, 1.807) is 0 Å². The minimum absolute atomic E-state index is 0.0471. The van der Waals surface area contributed by atoms with Crippen LogP contribution in [0.4, 0.5) is 18.9 Å². The molecule has 0 radical (unpaired) electrons. The Hall–Kier alpha value is -1.27. The zero-order valence-corrected chi connectivity index (χ0v) is 7.88. The summed E-state index contributed by atoms with van der Waals surface area (Å²) in [6.45, 7) is 0.0471. The molecule has 6 heteroatoms. The highest BCUT2D eigenvalue weighted by Crippen LogP contribution is 2.32. The number of rotatable bonds is 2. The molecule has 0 aliphatic rings. The third-order valence-corrected chi connectivity index (χ3v) is 2.07. The van der Waals surface area contributed by atoms with Crippen LogP contribution in [0.15, 0.2) is 18.2 Å². The van der Waals surface area contributed by atoms with E-state index in [9.17, 15) is 13.2 Å². The van der Waals surface area contributed by atoms with Crippen LogP contribution in [0.5, 0.6) is 0 Å². The molecule has 0 bridgehead atoms. The quantitative estimate of drug-likeness (QED) is 0.655. The Bertz CT molecular complexity index is 349. The van der Waals surface area contributed by atoms with Crippen molar-refractivity contribution < 1.29 is 13.2 Å². The van der Waals surface area contributed by atoms with Crippen molar-refractivity contribution in [2.75, 3.05) is 12.3 Å². The topological polar surface area (TPSA) is 78.1 Å². The summed E-state index contributed by atoms with van der Waals surface area (Å²) in [4.78, 5) is 0. The summed E-state index contributed by atoms with van der Waals surface area (Å²) in [5, 5.41) is 0. The van der Waals surface area contributed by atoms with Crippen molar-refractivity contribution in [2.24, 2.45) is 11.5 Å². The lowest BCUT2D eigenvalue weighted by molar-refractivity contribution is -0.137. The molecule has 0 aliphatic carbocycles. The van der Waals surface area contributed by atoms with Crippen LogP contribution in [0, 0.1) is 0 Å². The molecule has 3 nitrogen and oxygen atoms in total. The third-order valence-electron chi connectivity index (χ3n) is 2.07. The second-order valence-corrected chi connectivity index (χ2v) is 3.18. The summed E-state index contributed by atoms with van der Waals surface area (Å²) in [5.74, 6) is 0. The van der Waals surface area contributed by atoms with Gasteiger partial charge < -0.3 is 17.2 Å². The first-order valence-corrected chi connectivity index (χ1v) is 4.28. The van der Waals surface area contributed by atoms with Gasteiger partial charge >= 0.3 is 6.18 Å². The lowest BCUT2D eigenvalue weighted by Crippen LogP contribution is -2.22. The Morgan fingerprint density at radius 2 is 1.87 bits per heavy atom. The summed E-state index contributed by atoms with van der Waals surface area (Å²) >= 11 is 0. The molecule has 0 unspecified atom stereocenters. The van der Waals surface area contributed by atoms with E-state index in [4.69, 9.17) is 17.2 Å². The molecule has 0 spiro atoms. The Morgan fingerprint density at radius 3 is 2.33 bits per heavy atom. The Kier molecular flexibility index (Phi) is 3.21. The fourth-order valence-electron chi connectivity index (χ4n) is 1.20. The van der Waals surface area contributed by atoms with E-state index in [1.807, 2.05) is 0 Å². The summed E-state index contributed by atoms with van der Waals surface area (Å²) < 4.78 is 37.1. The van der Waals surface area contributed by atoms with Gasteiger partial charge in [-0.2, -0.15) is 13.2 Å². The molecule has 1 rings (SSSR count). The predicted octanol–water partition coefficient (Wildman–Crippen LogP) is 1.25. The zero-order valence-electron chi connectivity index (χ0n) is 7.88. The largest absolute Gasteiger partial charge is 0.416 e. The van der Waals surface area contributed by atoms with Gasteiger partial charge in [0.25, 0.3) is 0 Å². The van der Waals surface area contributed by atoms with Crippen LogP contribution >= 0.6 is 0 Å². The molecular weight excluding hydrogens is 207 g/mol. The van der Waals surface area contributed by atoms with E-state index in [-0.39, 0.29) is 17.8 Å². The second kappa shape index (κ2) is 4.08. The van der Waals surface area contributed by atoms with Gasteiger partial charge in [0.2, 0.25) is 0 Å². The van der Waals surface area contributed by atoms with E-state index < -0.39 is 17.8 Å². The monoisotopic (exact) mass is 219 g/mol. The van der Waals surface area contributed by atoms with Crippen LogP contribution in [0.25, 0.3) is 0 Å². The molecule has 0 saturated heterocycles. The molecule has 0 aromatic heterocycles. The SMILES string of the molecule is NC[C@H](N)c1cc(C(F)(F)F)ccc1N. The molecule has 1 aromatic carbocycles. The number of hydrogen-bond acceptors (Lipinski definition) is 3. The zero-order chi connectivity index (χ0) is 11.6. The Balaban J connectivity index is 3.17. The van der Waals surface area contributed by atoms with E-state index >= 15 is 0 Å². The Labute approximate surface area is 85.0 Å². The van der Waals surface area contributed by atoms with E-state index in [1.165, 1.54) is 6.07 Å². The van der Waals surface area contributed by atoms with E-state index in [2.05, 4.69) is 0 Å². The molecule has 0 fully saturated rings. The summed E-state index contributed by atoms with van der Waals surface area (Å²) in [5.41, 5.74) is 16.0. The van der Waals surface area contributed by atoms with Gasteiger partial charge in [0.1, 0.15) is 0 Å². The summed E-state index contributed by atoms with van der Waals surface area (Å²) in [7, 11) is 0. The average Bonchev–Trinajstić information content (AvgIpc) is 2.15. The molecule has 0 saturated carbocycles. The first-order chi connectivity index (χ1) is 6.86. The number of nitrogen functional groups attached to an aromatic ring is 1. The Morgan fingerprint density at radius 1 is 1.27 bits per heavy atom. The van der Waals surface area contributed by atoms with Crippen LogP contribution in [0.2, 0.25) is 0 Å². The number of hydrogen-bond donors (Lipinski definition) is 3. The van der Waals surface area contributed by atoms with Gasteiger partial charge in [-0.15, -0.1) is 0 Å². The number of halogens is 3. The van der Waals surface area contributed by atoms with Crippen LogP contribution in [0.1, 0.15) is 17.2 Å². The first kappa shape index (κ1) is 11.8. The lowest BCUT2D eigenvalue weighted by Gasteiger charge is -2.15. The van der Waals surface area contributed by atoms with E-state index in [0.29, 0.717) is 0 Å². The molecule has 1 atom stereocenters. The van der Waals surface area contributed by atoms with Crippen molar-refractivity contribution >= 4 is 5.69 Å². The smallest absolute Gasteiger partial charge is 0.398 e. The fourth-order valence-corrected chi connectivity index (χ4v) is 1.20. The first-order valence-electron chi connectivity index (χ1n) is 4.28. The maximum absolute atomic E-state index is 12.4. The van der Waals surface area contributed by atoms with Gasteiger partial charge in [0.15, 0.2) is 0 Å². The van der Waals surface area contributed by atoms with Crippen molar-refractivity contribution in [2.45, 2.75) is 12.2 Å². The highest BCUT2D eigenvalue weighted by molar-refractivity contribution is 5.50. The van der Waals surface area contributed by atoms with Crippen molar-refractivity contribution in [1.29, 1.82) is 0 Å². The number of benzene rings is 1. The summed E-state index contributed by atoms with van der Waals surface area (Å²) in [6.07, 6.45) is -4.39. The third kappa shape index (κ3) is 2.60. The molecule has 6 N–H and O–H groups in total. The second-order valence-electron chi connectivity index (χ2n) is 3.18. The van der Waals surface area contributed by atoms with Gasteiger partial charge in [-0.3, -0.25) is 0 Å². The van der Waals surface area contributed by atoms with Gasteiger partial charge in [0, 0.05) is 18.3 Å². The van der Waals surface area contributed by atoms with Crippen LogP contribution in [-0.4, -0.2) is 6.54 Å². The normalized spacial score (nSPS) is 13.9. The fraction of sp³-hybridized carbons (Fsp3) is 0.333. The summed E-state index contributed by atoms with van der Waals surface area (Å²) in [6, 6.07) is 2.37. The van der Waals surface area contributed by atoms with Gasteiger partial charge in [0.05, 0.1) is 5.56 Å². The highest BCUT2D eigenvalue weighted by atomic mass is 19.4. The van der Waals surface area contributed by atoms with Crippen LogP contribution in [0.3, 0.4) is 0 Å². The van der Waals surface area contributed by atoms with E-state index in [0.717, 1.165) is 12.1 Å². The molecule has 1 aromatic rings. The molecule has 0 aliphatic heterocycles. The molecule has 0 amide bonds. The number of nitrogens with two attached hydrogens (primary N) is 3. The van der Waals surface area contributed by atoms with Crippen LogP contribution < -0.4 is 17.2 Å². The number of anilines is 1. The predicted molar refractivity (Wildman–Crippen MR) is 51.8 cm³/mol. The molecule has 0 heterocycles. The van der Waals surface area contributed by atoms with Gasteiger partial charge in [-0.25, -0.2) is 0 Å². The minimum atomic E-state index is -4.39. The molecule has 84 valence electrons. The highest BCUT2D eigenvalue weighted by Gasteiger charge is 2.31.